The molecule has 0 aliphatic carbocycles. The molecule has 2 N–H and O–H groups in total. The number of rotatable bonds is 3. The summed E-state index contributed by atoms with van der Waals surface area (Å²) in [5.41, 5.74) is 4.99. The van der Waals surface area contributed by atoms with Crippen LogP contribution in [0.25, 0.3) is 0 Å². The van der Waals surface area contributed by atoms with Crippen LogP contribution < -0.4 is 5.73 Å². The summed E-state index contributed by atoms with van der Waals surface area (Å²) in [5.74, 6) is -0.362. The first-order valence-electron chi connectivity index (χ1n) is 3.71. The van der Waals surface area contributed by atoms with Crippen molar-refractivity contribution < 1.29 is 9.59 Å². The number of hydrogen-bond acceptors (Lipinski definition) is 3. The number of carbonyl (C=O) groups excluding carboxylic acids is 2. The van der Waals surface area contributed by atoms with Gasteiger partial charge < -0.3 is 10.5 Å². The molecule has 1 fully saturated rings. The summed E-state index contributed by atoms with van der Waals surface area (Å²) < 4.78 is 0. The average Bonchev–Trinajstić information content (AvgIpc) is 2.34. The van der Waals surface area contributed by atoms with E-state index in [1.165, 1.54) is 0 Å². The highest BCUT2D eigenvalue weighted by atomic mass is 16.1. The predicted molar refractivity (Wildman–Crippen MR) is 39.9 cm³/mol. The summed E-state index contributed by atoms with van der Waals surface area (Å²) in [6, 6.07) is -0.0810. The molecule has 0 aromatic carbocycles. The lowest BCUT2D eigenvalue weighted by atomic mass is 10.2. The molecule has 1 saturated heterocycles. The molecular weight excluding hydrogens is 144 g/mol. The smallest absolute Gasteiger partial charge is 0.231 e. The summed E-state index contributed by atoms with van der Waals surface area (Å²) >= 11 is 0. The Labute approximate surface area is 65.3 Å². The van der Waals surface area contributed by atoms with Gasteiger partial charge in [0.1, 0.15) is 6.29 Å². The lowest BCUT2D eigenvalue weighted by Gasteiger charge is -2.16. The van der Waals surface area contributed by atoms with Crippen molar-refractivity contribution in [2.24, 2.45) is 5.73 Å². The molecule has 1 atom stereocenters. The van der Waals surface area contributed by atoms with Crippen molar-refractivity contribution >= 4 is 12.2 Å². The first-order valence-corrected chi connectivity index (χ1v) is 3.71. The van der Waals surface area contributed by atoms with E-state index in [0.29, 0.717) is 0 Å². The monoisotopic (exact) mass is 156 g/mol. The van der Waals surface area contributed by atoms with Gasteiger partial charge in [-0.05, 0) is 19.4 Å². The summed E-state index contributed by atoms with van der Waals surface area (Å²) in [4.78, 5) is 22.7. The number of likely N-dealkylation sites (tertiary alicyclic amines) is 1. The zero-order chi connectivity index (χ0) is 8.27. The van der Waals surface area contributed by atoms with Gasteiger partial charge >= 0.3 is 0 Å². The molecule has 0 aromatic heterocycles. The van der Waals surface area contributed by atoms with Gasteiger partial charge in [0.15, 0.2) is 0 Å². The minimum absolute atomic E-state index is 0.0810. The lowest BCUT2D eigenvalue weighted by Crippen LogP contribution is -2.37. The van der Waals surface area contributed by atoms with Crippen LogP contribution in [0.3, 0.4) is 0 Å². The Kier molecular flexibility index (Phi) is 2.59. The van der Waals surface area contributed by atoms with Gasteiger partial charge in [0, 0.05) is 0 Å². The second-order valence-corrected chi connectivity index (χ2v) is 2.78. The summed E-state index contributed by atoms with van der Waals surface area (Å²) in [7, 11) is 0. The SMILES string of the molecule is NC(=O)CN1CCC[C@@H]1C=O. The Bertz CT molecular complexity index is 170. The van der Waals surface area contributed by atoms with Gasteiger partial charge in [-0.15, -0.1) is 0 Å². The summed E-state index contributed by atoms with van der Waals surface area (Å²) in [5, 5.41) is 0. The molecule has 1 rings (SSSR count). The molecule has 11 heavy (non-hydrogen) atoms. The number of nitrogens with two attached hydrogens (primary N) is 1. The third-order valence-corrected chi connectivity index (χ3v) is 1.93. The van der Waals surface area contributed by atoms with E-state index in [0.717, 1.165) is 25.7 Å². The van der Waals surface area contributed by atoms with Gasteiger partial charge in [-0.1, -0.05) is 0 Å². The molecule has 4 nitrogen and oxygen atoms in total. The third-order valence-electron chi connectivity index (χ3n) is 1.93. The molecule has 1 amide bonds. The standard InChI is InChI=1S/C7H12N2O2/c8-7(11)4-9-3-1-2-6(9)5-10/h5-6H,1-4H2,(H2,8,11)/t6-/m1/s1. The van der Waals surface area contributed by atoms with E-state index in [2.05, 4.69) is 0 Å². The molecule has 4 heteroatoms. The molecule has 0 aromatic rings. The first-order chi connectivity index (χ1) is 5.24. The predicted octanol–water partition coefficient (Wildman–Crippen LogP) is -0.865. The molecule has 0 radical (unpaired) electrons. The molecule has 62 valence electrons. The van der Waals surface area contributed by atoms with Crippen LogP contribution >= 0.6 is 0 Å². The number of primary amides is 1. The van der Waals surface area contributed by atoms with E-state index in [4.69, 9.17) is 5.73 Å². The van der Waals surface area contributed by atoms with Crippen molar-refractivity contribution in [3.05, 3.63) is 0 Å². The fraction of sp³-hybridized carbons (Fsp3) is 0.714. The van der Waals surface area contributed by atoms with Crippen LogP contribution in [0.1, 0.15) is 12.8 Å². The molecule has 0 spiro atoms. The molecule has 0 bridgehead atoms. The van der Waals surface area contributed by atoms with Crippen molar-refractivity contribution in [3.63, 3.8) is 0 Å². The maximum absolute atomic E-state index is 10.5. The van der Waals surface area contributed by atoms with E-state index in [9.17, 15) is 9.59 Å². The largest absolute Gasteiger partial charge is 0.369 e. The third kappa shape index (κ3) is 2.01. The van der Waals surface area contributed by atoms with E-state index in [-0.39, 0.29) is 18.5 Å². The Morgan fingerprint density at radius 2 is 2.45 bits per heavy atom. The molecule has 1 aliphatic heterocycles. The Morgan fingerprint density at radius 1 is 1.73 bits per heavy atom. The minimum Gasteiger partial charge on any atom is -0.369 e. The maximum Gasteiger partial charge on any atom is 0.231 e. The van der Waals surface area contributed by atoms with Crippen molar-refractivity contribution in [1.29, 1.82) is 0 Å². The molecule has 0 unspecified atom stereocenters. The normalized spacial score (nSPS) is 25.3. The number of nitrogens with zero attached hydrogens (tertiary/aromatic N) is 1. The fourth-order valence-corrected chi connectivity index (χ4v) is 1.40. The van der Waals surface area contributed by atoms with Crippen LogP contribution in [0, 0.1) is 0 Å². The maximum atomic E-state index is 10.5. The van der Waals surface area contributed by atoms with E-state index in [1.54, 1.807) is 0 Å². The second-order valence-electron chi connectivity index (χ2n) is 2.78. The van der Waals surface area contributed by atoms with Crippen LogP contribution in [0.2, 0.25) is 0 Å². The Morgan fingerprint density at radius 3 is 3.00 bits per heavy atom. The zero-order valence-corrected chi connectivity index (χ0v) is 6.32. The second kappa shape index (κ2) is 3.48. The van der Waals surface area contributed by atoms with Crippen molar-refractivity contribution in [2.75, 3.05) is 13.1 Å². The van der Waals surface area contributed by atoms with E-state index >= 15 is 0 Å². The Hall–Kier alpha value is -0.900. The topological polar surface area (TPSA) is 63.4 Å². The Balaban J connectivity index is 2.43. The summed E-state index contributed by atoms with van der Waals surface area (Å²) in [6.07, 6.45) is 2.73. The first kappa shape index (κ1) is 8.20. The zero-order valence-electron chi connectivity index (χ0n) is 6.32. The summed E-state index contributed by atoms with van der Waals surface area (Å²) in [6.45, 7) is 1.02. The van der Waals surface area contributed by atoms with Gasteiger partial charge in [-0.3, -0.25) is 9.69 Å². The van der Waals surface area contributed by atoms with Gasteiger partial charge in [-0.2, -0.15) is 0 Å². The van der Waals surface area contributed by atoms with Crippen molar-refractivity contribution in [3.8, 4) is 0 Å². The van der Waals surface area contributed by atoms with E-state index < -0.39 is 0 Å². The number of hydrogen-bond donors (Lipinski definition) is 1. The highest BCUT2D eigenvalue weighted by Crippen LogP contribution is 2.13. The van der Waals surface area contributed by atoms with Gasteiger partial charge in [-0.25, -0.2) is 0 Å². The molecule has 0 saturated carbocycles. The molecular formula is C7H12N2O2. The molecule has 1 aliphatic rings. The van der Waals surface area contributed by atoms with Crippen LogP contribution in [-0.4, -0.2) is 36.2 Å². The van der Waals surface area contributed by atoms with Crippen molar-refractivity contribution in [1.82, 2.24) is 4.90 Å². The highest BCUT2D eigenvalue weighted by molar-refractivity contribution is 5.76. The van der Waals surface area contributed by atoms with E-state index in [1.807, 2.05) is 4.90 Å². The van der Waals surface area contributed by atoms with Crippen LogP contribution in [-0.2, 0) is 9.59 Å². The number of aldehydes is 1. The highest BCUT2D eigenvalue weighted by Gasteiger charge is 2.24. The minimum atomic E-state index is -0.362. The van der Waals surface area contributed by atoms with Crippen LogP contribution in [0.15, 0.2) is 0 Å². The van der Waals surface area contributed by atoms with Gasteiger partial charge in [0.25, 0.3) is 0 Å². The average molecular weight is 156 g/mol. The van der Waals surface area contributed by atoms with Crippen LogP contribution in [0.5, 0.6) is 0 Å². The van der Waals surface area contributed by atoms with Crippen molar-refractivity contribution in [2.45, 2.75) is 18.9 Å². The fourth-order valence-electron chi connectivity index (χ4n) is 1.40. The quantitative estimate of drug-likeness (QED) is 0.540. The molecule has 1 heterocycles. The van der Waals surface area contributed by atoms with Crippen LogP contribution in [0.4, 0.5) is 0 Å². The number of amides is 1. The van der Waals surface area contributed by atoms with Gasteiger partial charge in [0.05, 0.1) is 12.6 Å². The van der Waals surface area contributed by atoms with Gasteiger partial charge in [0.2, 0.25) is 5.91 Å². The lowest BCUT2D eigenvalue weighted by molar-refractivity contribution is -0.120. The number of carbonyl (C=O) groups is 2.